The molecule has 1 saturated heterocycles. The number of aryl methyl sites for hydroxylation is 1. The zero-order valence-corrected chi connectivity index (χ0v) is 11.7. The Morgan fingerprint density at radius 3 is 3.00 bits per heavy atom. The second-order valence-electron chi connectivity index (χ2n) is 5.04. The number of rotatable bonds is 4. The van der Waals surface area contributed by atoms with Crippen LogP contribution in [0.25, 0.3) is 0 Å². The van der Waals surface area contributed by atoms with E-state index >= 15 is 0 Å². The fourth-order valence-corrected chi connectivity index (χ4v) is 2.38. The number of ether oxygens (including phenoxy) is 1. The Morgan fingerprint density at radius 1 is 1.47 bits per heavy atom. The van der Waals surface area contributed by atoms with Crippen LogP contribution < -0.4 is 15.4 Å². The SMILES string of the molecule is COc1cc(C)ccc1CNC(=O)C1CCCCN1. The van der Waals surface area contributed by atoms with Crippen LogP contribution in [0.5, 0.6) is 5.75 Å². The van der Waals surface area contributed by atoms with Crippen molar-refractivity contribution in [2.45, 2.75) is 38.8 Å². The molecule has 1 unspecified atom stereocenters. The molecule has 1 fully saturated rings. The quantitative estimate of drug-likeness (QED) is 0.869. The van der Waals surface area contributed by atoms with E-state index in [1.165, 1.54) is 0 Å². The monoisotopic (exact) mass is 262 g/mol. The summed E-state index contributed by atoms with van der Waals surface area (Å²) in [6.07, 6.45) is 3.21. The Kier molecular flexibility index (Phi) is 4.80. The van der Waals surface area contributed by atoms with Crippen molar-refractivity contribution in [3.63, 3.8) is 0 Å². The van der Waals surface area contributed by atoms with E-state index in [-0.39, 0.29) is 11.9 Å². The van der Waals surface area contributed by atoms with Gasteiger partial charge in [-0.2, -0.15) is 0 Å². The third-order valence-electron chi connectivity index (χ3n) is 3.52. The van der Waals surface area contributed by atoms with E-state index < -0.39 is 0 Å². The number of benzene rings is 1. The molecule has 0 aromatic heterocycles. The molecule has 4 nitrogen and oxygen atoms in total. The average molecular weight is 262 g/mol. The van der Waals surface area contributed by atoms with E-state index in [2.05, 4.69) is 10.6 Å². The summed E-state index contributed by atoms with van der Waals surface area (Å²) in [7, 11) is 1.66. The zero-order chi connectivity index (χ0) is 13.7. The van der Waals surface area contributed by atoms with Crippen LogP contribution in [0.2, 0.25) is 0 Å². The Balaban J connectivity index is 1.92. The molecule has 0 bridgehead atoms. The van der Waals surface area contributed by atoms with E-state index in [1.54, 1.807) is 7.11 Å². The lowest BCUT2D eigenvalue weighted by Gasteiger charge is -2.22. The van der Waals surface area contributed by atoms with Gasteiger partial charge in [0.05, 0.1) is 13.2 Å². The predicted molar refractivity (Wildman–Crippen MR) is 75.2 cm³/mol. The highest BCUT2D eigenvalue weighted by atomic mass is 16.5. The van der Waals surface area contributed by atoms with Crippen molar-refractivity contribution in [1.29, 1.82) is 0 Å². The van der Waals surface area contributed by atoms with Crippen molar-refractivity contribution in [3.8, 4) is 5.75 Å². The molecule has 19 heavy (non-hydrogen) atoms. The highest BCUT2D eigenvalue weighted by molar-refractivity contribution is 5.81. The minimum absolute atomic E-state index is 0.0369. The summed E-state index contributed by atoms with van der Waals surface area (Å²) in [5.41, 5.74) is 2.16. The molecule has 104 valence electrons. The van der Waals surface area contributed by atoms with Crippen LogP contribution in [-0.4, -0.2) is 25.6 Å². The summed E-state index contributed by atoms with van der Waals surface area (Å²) in [5, 5.41) is 6.23. The van der Waals surface area contributed by atoms with Crippen molar-refractivity contribution < 1.29 is 9.53 Å². The molecule has 2 rings (SSSR count). The zero-order valence-electron chi connectivity index (χ0n) is 11.7. The van der Waals surface area contributed by atoms with Gasteiger partial charge in [-0.1, -0.05) is 18.6 Å². The second kappa shape index (κ2) is 6.57. The fourth-order valence-electron chi connectivity index (χ4n) is 2.38. The molecule has 1 aromatic carbocycles. The molecule has 2 N–H and O–H groups in total. The van der Waals surface area contributed by atoms with Crippen molar-refractivity contribution in [2.24, 2.45) is 0 Å². The van der Waals surface area contributed by atoms with Gasteiger partial charge in [0.2, 0.25) is 5.91 Å². The largest absolute Gasteiger partial charge is 0.496 e. The van der Waals surface area contributed by atoms with E-state index in [0.717, 1.165) is 42.7 Å². The minimum Gasteiger partial charge on any atom is -0.496 e. The number of carbonyl (C=O) groups is 1. The summed E-state index contributed by atoms with van der Waals surface area (Å²) < 4.78 is 5.34. The van der Waals surface area contributed by atoms with Crippen molar-refractivity contribution in [3.05, 3.63) is 29.3 Å². The summed E-state index contributed by atoms with van der Waals surface area (Å²) >= 11 is 0. The fraction of sp³-hybridized carbons (Fsp3) is 0.533. The molecule has 1 aliphatic heterocycles. The molecule has 1 amide bonds. The smallest absolute Gasteiger partial charge is 0.237 e. The maximum Gasteiger partial charge on any atom is 0.237 e. The van der Waals surface area contributed by atoms with Crippen molar-refractivity contribution >= 4 is 5.91 Å². The van der Waals surface area contributed by atoms with Crippen LogP contribution in [0.4, 0.5) is 0 Å². The minimum atomic E-state index is -0.0369. The third kappa shape index (κ3) is 3.70. The first-order chi connectivity index (χ1) is 9.20. The Hall–Kier alpha value is -1.55. The maximum absolute atomic E-state index is 12.0. The lowest BCUT2D eigenvalue weighted by Crippen LogP contribution is -2.46. The number of hydrogen-bond acceptors (Lipinski definition) is 3. The van der Waals surface area contributed by atoms with E-state index in [1.807, 2.05) is 25.1 Å². The number of hydrogen-bond donors (Lipinski definition) is 2. The molecule has 0 spiro atoms. The molecule has 0 aliphatic carbocycles. The van der Waals surface area contributed by atoms with Crippen LogP contribution in [0, 0.1) is 6.92 Å². The van der Waals surface area contributed by atoms with Gasteiger partial charge in [0.1, 0.15) is 5.75 Å². The van der Waals surface area contributed by atoms with E-state index in [0.29, 0.717) is 6.54 Å². The molecule has 1 atom stereocenters. The number of piperidine rings is 1. The normalized spacial score (nSPS) is 18.9. The summed E-state index contributed by atoms with van der Waals surface area (Å²) in [5.74, 6) is 0.916. The van der Waals surface area contributed by atoms with Gasteiger partial charge in [0, 0.05) is 12.1 Å². The summed E-state index contributed by atoms with van der Waals surface area (Å²) in [4.78, 5) is 12.0. The molecular formula is C15H22N2O2. The molecule has 4 heteroatoms. The van der Waals surface area contributed by atoms with Gasteiger partial charge in [-0.25, -0.2) is 0 Å². The van der Waals surface area contributed by atoms with Crippen molar-refractivity contribution in [1.82, 2.24) is 10.6 Å². The average Bonchev–Trinajstić information content (AvgIpc) is 2.46. The van der Waals surface area contributed by atoms with Gasteiger partial charge >= 0.3 is 0 Å². The summed E-state index contributed by atoms with van der Waals surface area (Å²) in [6, 6.07) is 5.98. The first-order valence-corrected chi connectivity index (χ1v) is 6.85. The van der Waals surface area contributed by atoms with Crippen LogP contribution in [0.15, 0.2) is 18.2 Å². The van der Waals surface area contributed by atoms with Gasteiger partial charge in [0.25, 0.3) is 0 Å². The van der Waals surface area contributed by atoms with Gasteiger partial charge < -0.3 is 15.4 Å². The number of nitrogens with one attached hydrogen (secondary N) is 2. The first-order valence-electron chi connectivity index (χ1n) is 6.85. The number of carbonyl (C=O) groups excluding carboxylic acids is 1. The lowest BCUT2D eigenvalue weighted by atomic mass is 10.0. The number of methoxy groups -OCH3 is 1. The molecule has 0 radical (unpaired) electrons. The Morgan fingerprint density at radius 2 is 2.32 bits per heavy atom. The van der Waals surface area contributed by atoms with Gasteiger partial charge in [-0.3, -0.25) is 4.79 Å². The maximum atomic E-state index is 12.0. The van der Waals surface area contributed by atoms with Crippen LogP contribution in [-0.2, 0) is 11.3 Å². The summed E-state index contributed by atoms with van der Waals surface area (Å²) in [6.45, 7) is 3.48. The molecule has 1 aliphatic rings. The van der Waals surface area contributed by atoms with Gasteiger partial charge in [0.15, 0.2) is 0 Å². The topological polar surface area (TPSA) is 50.4 Å². The molecular weight excluding hydrogens is 240 g/mol. The van der Waals surface area contributed by atoms with Crippen LogP contribution >= 0.6 is 0 Å². The molecule has 1 aromatic rings. The second-order valence-corrected chi connectivity index (χ2v) is 5.04. The highest BCUT2D eigenvalue weighted by Gasteiger charge is 2.20. The van der Waals surface area contributed by atoms with E-state index in [4.69, 9.17) is 4.74 Å². The van der Waals surface area contributed by atoms with Crippen LogP contribution in [0.3, 0.4) is 0 Å². The number of amides is 1. The standard InChI is InChI=1S/C15H22N2O2/c1-11-6-7-12(14(9-11)19-2)10-17-15(18)13-5-3-4-8-16-13/h6-7,9,13,16H,3-5,8,10H2,1-2H3,(H,17,18). The Labute approximate surface area is 114 Å². The Bertz CT molecular complexity index is 440. The van der Waals surface area contributed by atoms with Gasteiger partial charge in [-0.15, -0.1) is 0 Å². The highest BCUT2D eigenvalue weighted by Crippen LogP contribution is 2.19. The first kappa shape index (κ1) is 13.9. The van der Waals surface area contributed by atoms with Crippen molar-refractivity contribution in [2.75, 3.05) is 13.7 Å². The van der Waals surface area contributed by atoms with Crippen LogP contribution in [0.1, 0.15) is 30.4 Å². The lowest BCUT2D eigenvalue weighted by molar-refractivity contribution is -0.123. The van der Waals surface area contributed by atoms with Gasteiger partial charge in [-0.05, 0) is 37.9 Å². The third-order valence-corrected chi connectivity index (χ3v) is 3.52. The predicted octanol–water partition coefficient (Wildman–Crippen LogP) is 1.76. The van der Waals surface area contributed by atoms with E-state index in [9.17, 15) is 4.79 Å². The molecule has 0 saturated carbocycles. The molecule has 1 heterocycles.